The second kappa shape index (κ2) is 10.6. The van der Waals surface area contributed by atoms with Crippen LogP contribution in [-0.2, 0) is 6.61 Å². The van der Waals surface area contributed by atoms with Gasteiger partial charge in [0.25, 0.3) is 5.69 Å². The van der Waals surface area contributed by atoms with Crippen LogP contribution in [0.25, 0.3) is 11.6 Å². The van der Waals surface area contributed by atoms with Crippen LogP contribution in [0.3, 0.4) is 0 Å². The van der Waals surface area contributed by atoms with Gasteiger partial charge in [0.2, 0.25) is 0 Å². The van der Waals surface area contributed by atoms with Gasteiger partial charge in [-0.1, -0.05) is 57.9 Å². The van der Waals surface area contributed by atoms with Crippen molar-refractivity contribution in [1.82, 2.24) is 0 Å². The zero-order chi connectivity index (χ0) is 23.1. The third kappa shape index (κ3) is 5.74. The number of non-ortho nitro benzene ring substituents is 1. The van der Waals surface area contributed by atoms with Crippen molar-refractivity contribution in [3.8, 4) is 17.6 Å². The van der Waals surface area contributed by atoms with Crippen molar-refractivity contribution in [3.05, 3.63) is 97.5 Å². The number of hydrogen-bond donors (Lipinski definition) is 0. The van der Waals surface area contributed by atoms with Gasteiger partial charge in [0.1, 0.15) is 6.61 Å². The van der Waals surface area contributed by atoms with Gasteiger partial charge in [0.05, 0.1) is 23.2 Å². The maximum Gasteiger partial charge on any atom is 0.270 e. The van der Waals surface area contributed by atoms with Crippen molar-refractivity contribution >= 4 is 33.3 Å². The summed E-state index contributed by atoms with van der Waals surface area (Å²) in [6.45, 7) is 4.74. The average Bonchev–Trinajstić information content (AvgIpc) is 2.78. The molecule has 0 saturated carbocycles. The summed E-state index contributed by atoms with van der Waals surface area (Å²) in [7, 11) is 0. The highest BCUT2D eigenvalue weighted by Crippen LogP contribution is 2.36. The molecule has 7 heteroatoms. The monoisotopic (exact) mass is 492 g/mol. The lowest BCUT2D eigenvalue weighted by molar-refractivity contribution is -0.384. The highest BCUT2D eigenvalue weighted by atomic mass is 79.9. The molecule has 0 heterocycles. The Hall–Kier alpha value is -3.63. The molecular formula is C25H21BrN2O4. The van der Waals surface area contributed by atoms with Crippen molar-refractivity contribution in [2.75, 3.05) is 6.61 Å². The summed E-state index contributed by atoms with van der Waals surface area (Å²) in [5.41, 5.74) is 3.58. The Kier molecular flexibility index (Phi) is 7.63. The molecule has 0 aliphatic carbocycles. The third-order valence-electron chi connectivity index (χ3n) is 4.63. The molecule has 0 aliphatic rings. The number of halogens is 1. The van der Waals surface area contributed by atoms with Crippen molar-refractivity contribution in [2.24, 2.45) is 0 Å². The maximum atomic E-state index is 11.1. The van der Waals surface area contributed by atoms with Crippen LogP contribution in [-0.4, -0.2) is 11.5 Å². The Morgan fingerprint density at radius 2 is 1.88 bits per heavy atom. The van der Waals surface area contributed by atoms with E-state index in [2.05, 4.69) is 28.1 Å². The minimum Gasteiger partial charge on any atom is -0.490 e. The Morgan fingerprint density at radius 3 is 2.56 bits per heavy atom. The maximum absolute atomic E-state index is 11.1. The van der Waals surface area contributed by atoms with Crippen LogP contribution in [0, 0.1) is 28.4 Å². The van der Waals surface area contributed by atoms with Crippen LogP contribution in [0.15, 0.2) is 65.1 Å². The van der Waals surface area contributed by atoms with Crippen molar-refractivity contribution < 1.29 is 14.4 Å². The van der Waals surface area contributed by atoms with E-state index in [1.54, 1.807) is 30.3 Å². The minimum atomic E-state index is -0.484. The van der Waals surface area contributed by atoms with Crippen molar-refractivity contribution in [1.29, 1.82) is 5.26 Å². The van der Waals surface area contributed by atoms with Gasteiger partial charge < -0.3 is 9.47 Å². The molecule has 0 unspecified atom stereocenters. The summed E-state index contributed by atoms with van der Waals surface area (Å²) in [6, 6.07) is 19.8. The highest BCUT2D eigenvalue weighted by molar-refractivity contribution is 9.10. The number of ether oxygens (including phenoxy) is 2. The molecule has 0 radical (unpaired) electrons. The Labute approximate surface area is 195 Å². The topological polar surface area (TPSA) is 85.4 Å². The molecule has 0 amide bonds. The first-order chi connectivity index (χ1) is 15.4. The third-order valence-corrected chi connectivity index (χ3v) is 5.31. The molecule has 3 aromatic rings. The van der Waals surface area contributed by atoms with Crippen LogP contribution in [0.5, 0.6) is 11.5 Å². The molecular weight excluding hydrogens is 472 g/mol. The highest BCUT2D eigenvalue weighted by Gasteiger charge is 2.13. The van der Waals surface area contributed by atoms with Gasteiger partial charge >= 0.3 is 0 Å². The Bertz CT molecular complexity index is 1210. The van der Waals surface area contributed by atoms with E-state index in [-0.39, 0.29) is 5.69 Å². The van der Waals surface area contributed by atoms with Crippen LogP contribution in [0.2, 0.25) is 0 Å². The van der Waals surface area contributed by atoms with E-state index in [4.69, 9.17) is 9.47 Å². The lowest BCUT2D eigenvalue weighted by Crippen LogP contribution is -2.01. The fraction of sp³-hybridized carbons (Fsp3) is 0.160. The molecule has 0 atom stereocenters. The molecule has 32 heavy (non-hydrogen) atoms. The quantitative estimate of drug-likeness (QED) is 0.151. The molecule has 3 rings (SSSR count). The van der Waals surface area contributed by atoms with E-state index in [0.29, 0.717) is 45.9 Å². The largest absolute Gasteiger partial charge is 0.490 e. The second-order valence-electron chi connectivity index (χ2n) is 7.01. The number of nitriles is 1. The fourth-order valence-corrected chi connectivity index (χ4v) is 3.57. The van der Waals surface area contributed by atoms with Crippen LogP contribution in [0.4, 0.5) is 5.69 Å². The fourth-order valence-electron chi connectivity index (χ4n) is 3.13. The molecule has 0 spiro atoms. The van der Waals surface area contributed by atoms with Crippen molar-refractivity contribution in [3.63, 3.8) is 0 Å². The molecule has 6 nitrogen and oxygen atoms in total. The van der Waals surface area contributed by atoms with Crippen LogP contribution in [0.1, 0.15) is 29.2 Å². The second-order valence-corrected chi connectivity index (χ2v) is 7.86. The van der Waals surface area contributed by atoms with Gasteiger partial charge in [-0.2, -0.15) is 5.26 Å². The standard InChI is InChI=1S/C25H21BrN2O4/c1-3-31-24-13-20(11-21(15-27)19-8-5-9-22(12-19)28(29)30)23(26)14-25(24)32-16-18-7-4-6-17(2)10-18/h4-14H,3,16H2,1-2H3. The van der Waals surface area contributed by atoms with E-state index in [1.165, 1.54) is 12.1 Å². The lowest BCUT2D eigenvalue weighted by atomic mass is 10.0. The molecule has 0 bridgehead atoms. The summed E-state index contributed by atoms with van der Waals surface area (Å²) < 4.78 is 12.5. The number of nitro groups is 1. The zero-order valence-corrected chi connectivity index (χ0v) is 19.3. The van der Waals surface area contributed by atoms with Gasteiger partial charge in [0.15, 0.2) is 11.5 Å². The Morgan fingerprint density at radius 1 is 1.12 bits per heavy atom. The molecule has 0 aromatic heterocycles. The number of nitro benzene ring substituents is 1. The number of rotatable bonds is 8. The van der Waals surface area contributed by atoms with E-state index >= 15 is 0 Å². The smallest absolute Gasteiger partial charge is 0.270 e. The van der Waals surface area contributed by atoms with E-state index in [0.717, 1.165) is 11.1 Å². The first-order valence-corrected chi connectivity index (χ1v) is 10.7. The first kappa shape index (κ1) is 23.0. The Balaban J connectivity index is 1.94. The molecule has 0 aliphatic heterocycles. The lowest BCUT2D eigenvalue weighted by Gasteiger charge is -2.14. The van der Waals surface area contributed by atoms with Gasteiger partial charge in [-0.3, -0.25) is 10.1 Å². The SMILES string of the molecule is CCOc1cc(C=C(C#N)c2cccc([N+](=O)[O-])c2)c(Br)cc1OCc1cccc(C)c1. The van der Waals surface area contributed by atoms with Crippen molar-refractivity contribution in [2.45, 2.75) is 20.5 Å². The molecule has 0 saturated heterocycles. The number of aryl methyl sites for hydroxylation is 1. The zero-order valence-electron chi connectivity index (χ0n) is 17.7. The number of hydrogen-bond acceptors (Lipinski definition) is 5. The summed E-state index contributed by atoms with van der Waals surface area (Å²) in [5, 5.41) is 20.7. The molecule has 3 aromatic carbocycles. The van der Waals surface area contributed by atoms with Crippen LogP contribution < -0.4 is 9.47 Å². The average molecular weight is 493 g/mol. The first-order valence-electron chi connectivity index (χ1n) is 9.92. The molecule has 0 N–H and O–H groups in total. The van der Waals surface area contributed by atoms with E-state index < -0.39 is 4.92 Å². The summed E-state index contributed by atoms with van der Waals surface area (Å²) >= 11 is 3.54. The van der Waals surface area contributed by atoms with E-state index in [9.17, 15) is 15.4 Å². The van der Waals surface area contributed by atoms with Gasteiger partial charge in [-0.05, 0) is 48.7 Å². The predicted molar refractivity (Wildman–Crippen MR) is 127 cm³/mol. The van der Waals surface area contributed by atoms with Gasteiger partial charge in [-0.15, -0.1) is 0 Å². The number of benzene rings is 3. The predicted octanol–water partition coefficient (Wildman–Crippen LogP) is 6.71. The summed E-state index contributed by atoms with van der Waals surface area (Å²) in [5.74, 6) is 1.12. The summed E-state index contributed by atoms with van der Waals surface area (Å²) in [4.78, 5) is 10.6. The van der Waals surface area contributed by atoms with Crippen LogP contribution >= 0.6 is 15.9 Å². The summed E-state index contributed by atoms with van der Waals surface area (Å²) in [6.07, 6.45) is 1.66. The number of allylic oxidation sites excluding steroid dienone is 1. The number of nitrogens with zero attached hydrogens (tertiary/aromatic N) is 2. The van der Waals surface area contributed by atoms with Gasteiger partial charge in [0, 0.05) is 16.6 Å². The van der Waals surface area contributed by atoms with E-state index in [1.807, 2.05) is 32.0 Å². The molecule has 0 fully saturated rings. The normalized spacial score (nSPS) is 11.0. The van der Waals surface area contributed by atoms with Gasteiger partial charge in [-0.25, -0.2) is 0 Å². The minimum absolute atomic E-state index is 0.0717. The molecule has 162 valence electrons.